The predicted molar refractivity (Wildman–Crippen MR) is 72.0 cm³/mol. The van der Waals surface area contributed by atoms with Crippen molar-refractivity contribution in [2.24, 2.45) is 0 Å². The van der Waals surface area contributed by atoms with E-state index in [9.17, 15) is 0 Å². The Morgan fingerprint density at radius 2 is 1.86 bits per heavy atom. The molecule has 0 spiro atoms. The first-order chi connectivity index (χ1) is 10.2. The van der Waals surface area contributed by atoms with E-state index in [1.165, 1.54) is 0 Å². The SMILES string of the molecule is Cc1noc(-c2ccccc2NC(C#N)=C(C#N)C#N)n1. The molecule has 0 amide bonds. The lowest BCUT2D eigenvalue weighted by Crippen LogP contribution is -2.02. The maximum absolute atomic E-state index is 9.06. The average Bonchev–Trinajstić information content (AvgIpc) is 2.94. The number of nitriles is 3. The van der Waals surface area contributed by atoms with Crippen LogP contribution in [0.1, 0.15) is 5.82 Å². The minimum absolute atomic E-state index is 0.135. The summed E-state index contributed by atoms with van der Waals surface area (Å²) < 4.78 is 5.09. The molecule has 0 aliphatic rings. The second-order valence-electron chi connectivity index (χ2n) is 3.90. The number of para-hydroxylation sites is 1. The third kappa shape index (κ3) is 2.86. The van der Waals surface area contributed by atoms with E-state index >= 15 is 0 Å². The van der Waals surface area contributed by atoms with Gasteiger partial charge < -0.3 is 9.84 Å². The van der Waals surface area contributed by atoms with Crippen LogP contribution in [-0.4, -0.2) is 10.1 Å². The van der Waals surface area contributed by atoms with Crippen molar-refractivity contribution in [1.29, 1.82) is 15.8 Å². The molecule has 7 nitrogen and oxygen atoms in total. The number of aryl methyl sites for hydroxylation is 1. The van der Waals surface area contributed by atoms with E-state index < -0.39 is 0 Å². The Bertz CT molecular complexity index is 812. The zero-order valence-electron chi connectivity index (χ0n) is 11.0. The Morgan fingerprint density at radius 1 is 1.14 bits per heavy atom. The van der Waals surface area contributed by atoms with Gasteiger partial charge in [0.25, 0.3) is 5.89 Å². The van der Waals surface area contributed by atoms with Gasteiger partial charge >= 0.3 is 0 Å². The number of aromatic nitrogens is 2. The fraction of sp³-hybridized carbons (Fsp3) is 0.0714. The van der Waals surface area contributed by atoms with Crippen LogP contribution in [0.25, 0.3) is 11.5 Å². The molecule has 1 aromatic carbocycles. The number of allylic oxidation sites excluding steroid dienone is 2. The van der Waals surface area contributed by atoms with Gasteiger partial charge in [-0.25, -0.2) is 0 Å². The summed E-state index contributed by atoms with van der Waals surface area (Å²) in [5, 5.41) is 33.2. The molecule has 2 rings (SSSR count). The molecule has 0 fully saturated rings. The molecule has 21 heavy (non-hydrogen) atoms. The molecule has 0 atom stereocenters. The molecule has 0 aliphatic carbocycles. The van der Waals surface area contributed by atoms with Gasteiger partial charge in [-0.05, 0) is 19.1 Å². The fourth-order valence-electron chi connectivity index (χ4n) is 1.60. The van der Waals surface area contributed by atoms with E-state index in [-0.39, 0.29) is 17.2 Å². The van der Waals surface area contributed by atoms with Gasteiger partial charge in [0.2, 0.25) is 0 Å². The van der Waals surface area contributed by atoms with Gasteiger partial charge in [0.05, 0.1) is 11.3 Å². The molecule has 100 valence electrons. The van der Waals surface area contributed by atoms with Crippen molar-refractivity contribution >= 4 is 5.69 Å². The minimum atomic E-state index is -0.297. The Kier molecular flexibility index (Phi) is 3.95. The normalized spacial score (nSPS) is 9.05. The molecule has 1 aromatic heterocycles. The highest BCUT2D eigenvalue weighted by atomic mass is 16.5. The Morgan fingerprint density at radius 3 is 2.43 bits per heavy atom. The second kappa shape index (κ2) is 6.01. The van der Waals surface area contributed by atoms with Crippen LogP contribution in [0.5, 0.6) is 0 Å². The topological polar surface area (TPSA) is 122 Å². The maximum Gasteiger partial charge on any atom is 0.260 e. The molecular weight excluding hydrogens is 268 g/mol. The Hall–Kier alpha value is -3.63. The quantitative estimate of drug-likeness (QED) is 0.853. The maximum atomic E-state index is 9.06. The molecule has 7 heteroatoms. The number of rotatable bonds is 3. The third-order valence-electron chi connectivity index (χ3n) is 2.53. The highest BCUT2D eigenvalue weighted by Gasteiger charge is 2.13. The van der Waals surface area contributed by atoms with Crippen molar-refractivity contribution in [1.82, 2.24) is 10.1 Å². The van der Waals surface area contributed by atoms with Gasteiger partial charge in [-0.15, -0.1) is 0 Å². The van der Waals surface area contributed by atoms with Crippen LogP contribution in [-0.2, 0) is 0 Å². The summed E-state index contributed by atoms with van der Waals surface area (Å²) in [6, 6.07) is 12.0. The first-order valence-electron chi connectivity index (χ1n) is 5.81. The Labute approximate surface area is 120 Å². The molecule has 0 radical (unpaired) electrons. The van der Waals surface area contributed by atoms with Crippen LogP contribution < -0.4 is 5.32 Å². The number of nitrogens with one attached hydrogen (secondary N) is 1. The molecule has 1 N–H and O–H groups in total. The number of nitrogens with zero attached hydrogens (tertiary/aromatic N) is 5. The van der Waals surface area contributed by atoms with Crippen molar-refractivity contribution in [2.75, 3.05) is 5.32 Å². The largest absolute Gasteiger partial charge is 0.344 e. The zero-order valence-corrected chi connectivity index (χ0v) is 11.0. The molecule has 0 unspecified atom stereocenters. The van der Waals surface area contributed by atoms with E-state index in [0.29, 0.717) is 17.1 Å². The van der Waals surface area contributed by atoms with Crippen LogP contribution in [0.3, 0.4) is 0 Å². The summed E-state index contributed by atoms with van der Waals surface area (Å²) in [6.07, 6.45) is 0. The van der Waals surface area contributed by atoms with Crippen LogP contribution >= 0.6 is 0 Å². The van der Waals surface area contributed by atoms with E-state index in [4.69, 9.17) is 20.3 Å². The van der Waals surface area contributed by atoms with Crippen molar-refractivity contribution in [3.8, 4) is 29.7 Å². The Balaban J connectivity index is 2.48. The lowest BCUT2D eigenvalue weighted by atomic mass is 10.1. The van der Waals surface area contributed by atoms with Crippen molar-refractivity contribution in [3.63, 3.8) is 0 Å². The first kappa shape index (κ1) is 13.8. The highest BCUT2D eigenvalue weighted by molar-refractivity contribution is 5.75. The molecule has 0 saturated heterocycles. The van der Waals surface area contributed by atoms with Gasteiger partial charge in [-0.3, -0.25) is 0 Å². The van der Waals surface area contributed by atoms with Gasteiger partial charge in [0.1, 0.15) is 23.9 Å². The predicted octanol–water partition coefficient (Wildman–Crippen LogP) is 2.28. The first-order valence-corrected chi connectivity index (χ1v) is 5.81. The summed E-state index contributed by atoms with van der Waals surface area (Å²) in [4.78, 5) is 4.11. The summed E-state index contributed by atoms with van der Waals surface area (Å²) in [6.45, 7) is 1.69. The van der Waals surface area contributed by atoms with Crippen molar-refractivity contribution < 1.29 is 4.52 Å². The standard InChI is InChI=1S/C14H8N6O/c1-9-18-14(21-20-9)11-4-2-3-5-12(11)19-13(8-17)10(6-15)7-16/h2-5,19H,1H3. The van der Waals surface area contributed by atoms with Gasteiger partial charge in [0.15, 0.2) is 11.4 Å². The zero-order chi connectivity index (χ0) is 15.2. The molecule has 0 saturated carbocycles. The second-order valence-corrected chi connectivity index (χ2v) is 3.90. The minimum Gasteiger partial charge on any atom is -0.344 e. The van der Waals surface area contributed by atoms with E-state index in [2.05, 4.69) is 15.5 Å². The monoisotopic (exact) mass is 276 g/mol. The van der Waals surface area contributed by atoms with Crippen LogP contribution in [0.4, 0.5) is 5.69 Å². The molecule has 0 aliphatic heterocycles. The lowest BCUT2D eigenvalue weighted by molar-refractivity contribution is 0.426. The van der Waals surface area contributed by atoms with Gasteiger partial charge in [-0.1, -0.05) is 17.3 Å². The van der Waals surface area contributed by atoms with E-state index in [0.717, 1.165) is 0 Å². The van der Waals surface area contributed by atoms with Gasteiger partial charge in [0, 0.05) is 0 Å². The third-order valence-corrected chi connectivity index (χ3v) is 2.53. The van der Waals surface area contributed by atoms with Crippen molar-refractivity contribution in [3.05, 3.63) is 41.4 Å². The van der Waals surface area contributed by atoms with Crippen LogP contribution in [0.2, 0.25) is 0 Å². The number of hydrogen-bond acceptors (Lipinski definition) is 7. The fourth-order valence-corrected chi connectivity index (χ4v) is 1.60. The van der Waals surface area contributed by atoms with Crippen molar-refractivity contribution in [2.45, 2.75) is 6.92 Å². The molecular formula is C14H8N6O. The highest BCUT2D eigenvalue weighted by Crippen LogP contribution is 2.27. The molecule has 0 bridgehead atoms. The van der Waals surface area contributed by atoms with E-state index in [1.807, 2.05) is 0 Å². The molecule has 1 heterocycles. The van der Waals surface area contributed by atoms with E-state index in [1.54, 1.807) is 49.4 Å². The van der Waals surface area contributed by atoms with Crippen LogP contribution in [0.15, 0.2) is 40.1 Å². The summed E-state index contributed by atoms with van der Waals surface area (Å²) in [5.74, 6) is 0.758. The number of hydrogen-bond donors (Lipinski definition) is 1. The van der Waals surface area contributed by atoms with Crippen LogP contribution in [0, 0.1) is 40.9 Å². The number of anilines is 1. The number of benzene rings is 1. The lowest BCUT2D eigenvalue weighted by Gasteiger charge is -2.08. The molecule has 2 aromatic rings. The smallest absolute Gasteiger partial charge is 0.260 e. The summed E-state index contributed by atoms with van der Waals surface area (Å²) >= 11 is 0. The summed E-state index contributed by atoms with van der Waals surface area (Å²) in [5.41, 5.74) is 0.625. The van der Waals surface area contributed by atoms with Gasteiger partial charge in [-0.2, -0.15) is 20.8 Å². The summed E-state index contributed by atoms with van der Waals surface area (Å²) in [7, 11) is 0. The average molecular weight is 276 g/mol.